The molecule has 26 heavy (non-hydrogen) atoms. The fourth-order valence-electron chi connectivity index (χ4n) is 2.92. The van der Waals surface area contributed by atoms with Crippen LogP contribution in [-0.4, -0.2) is 37.7 Å². The van der Waals surface area contributed by atoms with Gasteiger partial charge in [0.2, 0.25) is 5.90 Å². The number of ether oxygens (including phenoxy) is 3. The highest BCUT2D eigenvalue weighted by Crippen LogP contribution is 2.39. The van der Waals surface area contributed by atoms with Gasteiger partial charge in [-0.15, -0.1) is 0 Å². The van der Waals surface area contributed by atoms with E-state index in [-0.39, 0.29) is 30.5 Å². The zero-order valence-electron chi connectivity index (χ0n) is 15.2. The molecular weight excluding hydrogens is 336 g/mol. The second kappa shape index (κ2) is 9.03. The van der Waals surface area contributed by atoms with Crippen LogP contribution in [0.15, 0.2) is 46.7 Å². The summed E-state index contributed by atoms with van der Waals surface area (Å²) in [5, 5.41) is 0. The molecule has 0 saturated carbocycles. The maximum atomic E-state index is 12.7. The van der Waals surface area contributed by atoms with Gasteiger partial charge >= 0.3 is 11.9 Å². The van der Waals surface area contributed by atoms with Gasteiger partial charge in [-0.25, -0.2) is 4.79 Å². The number of esters is 2. The summed E-state index contributed by atoms with van der Waals surface area (Å²) in [7, 11) is 0. The van der Waals surface area contributed by atoms with E-state index in [0.29, 0.717) is 6.61 Å². The number of aliphatic imine (C=N–C) groups is 1. The topological polar surface area (TPSA) is 100 Å². The lowest BCUT2D eigenvalue weighted by Crippen LogP contribution is -2.40. The second-order valence-corrected chi connectivity index (χ2v) is 5.52. The van der Waals surface area contributed by atoms with Crippen molar-refractivity contribution in [2.24, 2.45) is 16.6 Å². The highest BCUT2D eigenvalue weighted by molar-refractivity contribution is 6.04. The number of rotatable bonds is 6. The van der Waals surface area contributed by atoms with Crippen molar-refractivity contribution in [1.82, 2.24) is 0 Å². The number of hydrogen-bond donors (Lipinski definition) is 1. The monoisotopic (exact) mass is 360 g/mol. The van der Waals surface area contributed by atoms with E-state index in [1.807, 2.05) is 30.3 Å². The summed E-state index contributed by atoms with van der Waals surface area (Å²) in [5.41, 5.74) is 6.92. The van der Waals surface area contributed by atoms with Crippen LogP contribution in [0.5, 0.6) is 0 Å². The number of nitrogens with zero attached hydrogens (tertiary/aromatic N) is 1. The van der Waals surface area contributed by atoms with Gasteiger partial charge in [0.1, 0.15) is 11.7 Å². The Labute approximate surface area is 152 Å². The van der Waals surface area contributed by atoms with E-state index in [1.54, 1.807) is 20.8 Å². The molecule has 1 aliphatic heterocycles. The third-order valence-electron chi connectivity index (χ3n) is 3.90. The van der Waals surface area contributed by atoms with E-state index >= 15 is 0 Å². The Balaban J connectivity index is 2.63. The third kappa shape index (κ3) is 4.04. The molecule has 7 nitrogen and oxygen atoms in total. The first-order valence-corrected chi connectivity index (χ1v) is 8.64. The molecule has 2 N–H and O–H groups in total. The van der Waals surface area contributed by atoms with Crippen molar-refractivity contribution in [2.75, 3.05) is 19.8 Å². The van der Waals surface area contributed by atoms with Gasteiger partial charge in [0.15, 0.2) is 0 Å². The Morgan fingerprint density at radius 2 is 1.69 bits per heavy atom. The molecule has 2 rings (SSSR count). The van der Waals surface area contributed by atoms with Crippen LogP contribution in [0.3, 0.4) is 0 Å². The molecule has 2 atom stereocenters. The molecule has 0 bridgehead atoms. The number of hydrogen-bond acceptors (Lipinski definition) is 7. The highest BCUT2D eigenvalue weighted by atomic mass is 16.5. The lowest BCUT2D eigenvalue weighted by atomic mass is 9.78. The molecule has 0 fully saturated rings. The average Bonchev–Trinajstić information content (AvgIpc) is 2.62. The van der Waals surface area contributed by atoms with Crippen LogP contribution in [0.1, 0.15) is 32.3 Å². The van der Waals surface area contributed by atoms with Crippen LogP contribution >= 0.6 is 0 Å². The molecule has 1 aromatic rings. The molecule has 1 heterocycles. The largest absolute Gasteiger partial charge is 0.480 e. The Bertz CT molecular complexity index is 712. The molecule has 1 aromatic carbocycles. The third-order valence-corrected chi connectivity index (χ3v) is 3.90. The number of nitrogens with two attached hydrogens (primary N) is 1. The van der Waals surface area contributed by atoms with E-state index in [0.717, 1.165) is 5.56 Å². The first-order chi connectivity index (χ1) is 12.5. The predicted octanol–water partition coefficient (Wildman–Crippen LogP) is 2.13. The van der Waals surface area contributed by atoms with Crippen LogP contribution in [0.2, 0.25) is 0 Å². The summed E-state index contributed by atoms with van der Waals surface area (Å²) in [4.78, 5) is 29.4. The van der Waals surface area contributed by atoms with Gasteiger partial charge in [0, 0.05) is 5.92 Å². The lowest BCUT2D eigenvalue weighted by Gasteiger charge is -2.31. The maximum Gasteiger partial charge on any atom is 0.338 e. The fourth-order valence-corrected chi connectivity index (χ4v) is 2.92. The van der Waals surface area contributed by atoms with Crippen molar-refractivity contribution in [3.8, 4) is 0 Å². The smallest absolute Gasteiger partial charge is 0.338 e. The number of carbonyl (C=O) groups is 2. The first kappa shape index (κ1) is 19.5. The van der Waals surface area contributed by atoms with Crippen LogP contribution in [-0.2, 0) is 23.8 Å². The second-order valence-electron chi connectivity index (χ2n) is 5.52. The van der Waals surface area contributed by atoms with Gasteiger partial charge in [0.25, 0.3) is 0 Å². The lowest BCUT2D eigenvalue weighted by molar-refractivity contribution is -0.146. The highest BCUT2D eigenvalue weighted by Gasteiger charge is 2.45. The minimum atomic E-state index is -0.913. The molecule has 2 unspecified atom stereocenters. The summed E-state index contributed by atoms with van der Waals surface area (Å²) in [6.07, 6.45) is 0. The van der Waals surface area contributed by atoms with Crippen LogP contribution in [0.4, 0.5) is 0 Å². The molecule has 0 aliphatic carbocycles. The molecule has 7 heteroatoms. The summed E-state index contributed by atoms with van der Waals surface area (Å²) >= 11 is 0. The van der Waals surface area contributed by atoms with Crippen molar-refractivity contribution in [1.29, 1.82) is 0 Å². The zero-order valence-corrected chi connectivity index (χ0v) is 15.2. The van der Waals surface area contributed by atoms with E-state index in [4.69, 9.17) is 19.9 Å². The van der Waals surface area contributed by atoms with Gasteiger partial charge < -0.3 is 19.9 Å². The standard InChI is InChI=1S/C19H24N2O5/c1-4-24-17-15(19(23)26-6-3)13(12-10-8-7-9-11-12)14(16(20)21-17)18(22)25-5-2/h7-11,13,15H,4-6,20H2,1-3H3. The minimum absolute atomic E-state index is 0.0127. The molecule has 0 radical (unpaired) electrons. The Kier molecular flexibility index (Phi) is 6.77. The van der Waals surface area contributed by atoms with Gasteiger partial charge in [0.05, 0.1) is 25.4 Å². The van der Waals surface area contributed by atoms with E-state index in [2.05, 4.69) is 4.99 Å². The van der Waals surface area contributed by atoms with Crippen molar-refractivity contribution in [3.05, 3.63) is 47.3 Å². The van der Waals surface area contributed by atoms with Crippen molar-refractivity contribution in [3.63, 3.8) is 0 Å². The van der Waals surface area contributed by atoms with Crippen LogP contribution in [0.25, 0.3) is 0 Å². The van der Waals surface area contributed by atoms with Crippen LogP contribution < -0.4 is 5.73 Å². The normalized spacial score (nSPS) is 19.6. The Morgan fingerprint density at radius 1 is 1.04 bits per heavy atom. The minimum Gasteiger partial charge on any atom is -0.480 e. The molecular formula is C19H24N2O5. The van der Waals surface area contributed by atoms with Gasteiger partial charge in [-0.05, 0) is 26.3 Å². The van der Waals surface area contributed by atoms with E-state index in [9.17, 15) is 9.59 Å². The number of benzene rings is 1. The Hall–Kier alpha value is -2.83. The first-order valence-electron chi connectivity index (χ1n) is 8.64. The Morgan fingerprint density at radius 3 is 2.27 bits per heavy atom. The fraction of sp³-hybridized carbons (Fsp3) is 0.421. The molecule has 0 saturated heterocycles. The van der Waals surface area contributed by atoms with Crippen molar-refractivity contribution >= 4 is 17.8 Å². The SMILES string of the molecule is CCOC(=O)C1=C(N)N=C(OCC)C(C(=O)OCC)C1c1ccccc1. The summed E-state index contributed by atoms with van der Waals surface area (Å²) in [6, 6.07) is 9.13. The van der Waals surface area contributed by atoms with E-state index in [1.165, 1.54) is 0 Å². The van der Waals surface area contributed by atoms with E-state index < -0.39 is 23.8 Å². The van der Waals surface area contributed by atoms with Crippen molar-refractivity contribution < 1.29 is 23.8 Å². The molecule has 0 spiro atoms. The van der Waals surface area contributed by atoms with Crippen molar-refractivity contribution in [2.45, 2.75) is 26.7 Å². The zero-order chi connectivity index (χ0) is 19.1. The number of carbonyl (C=O) groups excluding carboxylic acids is 2. The summed E-state index contributed by atoms with van der Waals surface area (Å²) in [6.45, 7) is 5.88. The van der Waals surface area contributed by atoms with Crippen LogP contribution in [0, 0.1) is 5.92 Å². The molecule has 0 aromatic heterocycles. The van der Waals surface area contributed by atoms with Gasteiger partial charge in [-0.2, -0.15) is 4.99 Å². The average molecular weight is 360 g/mol. The summed E-state index contributed by atoms with van der Waals surface area (Å²) in [5.74, 6) is -2.61. The quantitative estimate of drug-likeness (QED) is 0.780. The predicted molar refractivity (Wildman–Crippen MR) is 96.2 cm³/mol. The summed E-state index contributed by atoms with van der Waals surface area (Å²) < 4.78 is 15.9. The maximum absolute atomic E-state index is 12.7. The van der Waals surface area contributed by atoms with Gasteiger partial charge in [-0.1, -0.05) is 30.3 Å². The molecule has 1 aliphatic rings. The molecule has 140 valence electrons. The van der Waals surface area contributed by atoms with Gasteiger partial charge in [-0.3, -0.25) is 4.79 Å². The molecule has 0 amide bonds.